The van der Waals surface area contributed by atoms with E-state index in [9.17, 15) is 18.0 Å². The highest BCUT2D eigenvalue weighted by atomic mass is 19.4. The predicted molar refractivity (Wildman–Crippen MR) is 100 cm³/mol. The smallest absolute Gasteiger partial charge is 0.376 e. The normalized spacial score (nSPS) is 11.1. The van der Waals surface area contributed by atoms with Gasteiger partial charge in [-0.2, -0.15) is 13.2 Å². The van der Waals surface area contributed by atoms with E-state index in [0.29, 0.717) is 0 Å². The summed E-state index contributed by atoms with van der Waals surface area (Å²) in [5.41, 5.74) is 1.48. The van der Waals surface area contributed by atoms with Crippen LogP contribution in [0.15, 0.2) is 78.9 Å². The van der Waals surface area contributed by atoms with Crippen LogP contribution in [-0.2, 0) is 11.0 Å². The summed E-state index contributed by atoms with van der Waals surface area (Å²) in [5, 5.41) is 5.32. The van der Waals surface area contributed by atoms with E-state index in [1.54, 1.807) is 0 Å². The SMILES string of the molecule is O=C(CNc1ccccc1-c1ccccc1)Nc1ccccc1C(F)(F)F. The minimum atomic E-state index is -4.53. The second-order valence-corrected chi connectivity index (χ2v) is 5.86. The van der Waals surface area contributed by atoms with Crippen molar-refractivity contribution in [3.05, 3.63) is 84.4 Å². The van der Waals surface area contributed by atoms with E-state index in [1.807, 2.05) is 54.6 Å². The quantitative estimate of drug-likeness (QED) is 0.629. The number of amides is 1. The first-order valence-corrected chi connectivity index (χ1v) is 8.29. The fourth-order valence-corrected chi connectivity index (χ4v) is 2.72. The summed E-state index contributed by atoms with van der Waals surface area (Å²) < 4.78 is 39.1. The van der Waals surface area contributed by atoms with Gasteiger partial charge in [-0.05, 0) is 23.8 Å². The molecule has 1 amide bonds. The molecule has 3 aromatic rings. The first kappa shape index (κ1) is 18.5. The average molecular weight is 370 g/mol. The molecule has 3 aromatic carbocycles. The van der Waals surface area contributed by atoms with E-state index < -0.39 is 17.6 Å². The second-order valence-electron chi connectivity index (χ2n) is 5.86. The maximum atomic E-state index is 13.0. The Morgan fingerprint density at radius 2 is 1.37 bits per heavy atom. The van der Waals surface area contributed by atoms with Crippen LogP contribution in [0.5, 0.6) is 0 Å². The number of hydrogen-bond donors (Lipinski definition) is 2. The summed E-state index contributed by atoms with van der Waals surface area (Å²) in [6.45, 7) is -0.157. The van der Waals surface area contributed by atoms with Gasteiger partial charge in [0.05, 0.1) is 17.8 Å². The van der Waals surface area contributed by atoms with Gasteiger partial charge < -0.3 is 10.6 Å². The number of nitrogens with one attached hydrogen (secondary N) is 2. The van der Waals surface area contributed by atoms with Gasteiger partial charge in [-0.3, -0.25) is 4.79 Å². The van der Waals surface area contributed by atoms with E-state index in [0.717, 1.165) is 22.9 Å². The summed E-state index contributed by atoms with van der Waals surface area (Å²) in [6.07, 6.45) is -4.53. The minimum absolute atomic E-state index is 0.157. The number of para-hydroxylation sites is 2. The van der Waals surface area contributed by atoms with Crippen LogP contribution in [0, 0.1) is 0 Å². The molecule has 0 bridgehead atoms. The van der Waals surface area contributed by atoms with E-state index >= 15 is 0 Å². The molecule has 6 heteroatoms. The first-order chi connectivity index (χ1) is 12.9. The summed E-state index contributed by atoms with van der Waals surface area (Å²) in [6, 6.07) is 22.0. The predicted octanol–water partition coefficient (Wildman–Crippen LogP) is 5.42. The molecule has 3 rings (SSSR count). The van der Waals surface area contributed by atoms with Gasteiger partial charge in [-0.15, -0.1) is 0 Å². The van der Waals surface area contributed by atoms with Crippen molar-refractivity contribution in [2.75, 3.05) is 17.2 Å². The molecule has 0 saturated carbocycles. The van der Waals surface area contributed by atoms with E-state index in [4.69, 9.17) is 0 Å². The third-order valence-electron chi connectivity index (χ3n) is 3.96. The standard InChI is InChI=1S/C21H17F3N2O/c22-21(23,24)17-11-5-7-13-19(17)26-20(27)14-25-18-12-6-4-10-16(18)15-8-2-1-3-9-15/h1-13,25H,14H2,(H,26,27). The molecule has 0 spiro atoms. The molecule has 27 heavy (non-hydrogen) atoms. The number of alkyl halides is 3. The number of hydrogen-bond acceptors (Lipinski definition) is 2. The van der Waals surface area contributed by atoms with Gasteiger partial charge in [0.25, 0.3) is 0 Å². The Balaban J connectivity index is 1.71. The third-order valence-corrected chi connectivity index (χ3v) is 3.96. The number of anilines is 2. The molecular formula is C21H17F3N2O. The van der Waals surface area contributed by atoms with Crippen molar-refractivity contribution in [1.29, 1.82) is 0 Å². The lowest BCUT2D eigenvalue weighted by Gasteiger charge is -2.15. The van der Waals surface area contributed by atoms with Crippen molar-refractivity contribution in [1.82, 2.24) is 0 Å². The summed E-state index contributed by atoms with van der Waals surface area (Å²) in [4.78, 5) is 12.2. The van der Waals surface area contributed by atoms with Crippen LogP contribution in [0.25, 0.3) is 11.1 Å². The summed E-state index contributed by atoms with van der Waals surface area (Å²) in [7, 11) is 0. The van der Waals surface area contributed by atoms with Crippen LogP contribution in [-0.4, -0.2) is 12.5 Å². The monoisotopic (exact) mass is 370 g/mol. The van der Waals surface area contributed by atoms with E-state index in [1.165, 1.54) is 18.2 Å². The van der Waals surface area contributed by atoms with Crippen molar-refractivity contribution in [2.24, 2.45) is 0 Å². The van der Waals surface area contributed by atoms with Crippen molar-refractivity contribution < 1.29 is 18.0 Å². The number of rotatable bonds is 5. The Morgan fingerprint density at radius 3 is 2.07 bits per heavy atom. The number of carbonyl (C=O) groups is 1. The van der Waals surface area contributed by atoms with Crippen LogP contribution in [0.3, 0.4) is 0 Å². The van der Waals surface area contributed by atoms with Crippen molar-refractivity contribution in [3.63, 3.8) is 0 Å². The number of halogens is 3. The molecule has 3 nitrogen and oxygen atoms in total. The Labute approximate surface area is 154 Å². The summed E-state index contributed by atoms with van der Waals surface area (Å²) in [5.74, 6) is -0.561. The van der Waals surface area contributed by atoms with E-state index in [-0.39, 0.29) is 12.2 Å². The van der Waals surface area contributed by atoms with Gasteiger partial charge in [0.15, 0.2) is 0 Å². The molecule has 0 atom stereocenters. The van der Waals surface area contributed by atoms with E-state index in [2.05, 4.69) is 10.6 Å². The molecule has 138 valence electrons. The zero-order chi connectivity index (χ0) is 19.3. The number of carbonyl (C=O) groups excluding carboxylic acids is 1. The summed E-state index contributed by atoms with van der Waals surface area (Å²) >= 11 is 0. The van der Waals surface area contributed by atoms with Crippen molar-refractivity contribution in [3.8, 4) is 11.1 Å². The average Bonchev–Trinajstić information content (AvgIpc) is 2.67. The lowest BCUT2D eigenvalue weighted by atomic mass is 10.0. The molecule has 2 N–H and O–H groups in total. The van der Waals surface area contributed by atoms with Gasteiger partial charge >= 0.3 is 6.18 Å². The highest BCUT2D eigenvalue weighted by Gasteiger charge is 2.33. The Morgan fingerprint density at radius 1 is 0.778 bits per heavy atom. The van der Waals surface area contributed by atoms with Gasteiger partial charge in [0, 0.05) is 11.3 Å². The number of benzene rings is 3. The Bertz CT molecular complexity index is 924. The highest BCUT2D eigenvalue weighted by Crippen LogP contribution is 2.34. The topological polar surface area (TPSA) is 41.1 Å². The van der Waals surface area contributed by atoms with Gasteiger partial charge in [0.1, 0.15) is 0 Å². The molecule has 0 unspecified atom stereocenters. The van der Waals surface area contributed by atoms with Crippen molar-refractivity contribution in [2.45, 2.75) is 6.18 Å². The van der Waals surface area contributed by atoms with Crippen LogP contribution in [0.2, 0.25) is 0 Å². The highest BCUT2D eigenvalue weighted by molar-refractivity contribution is 5.95. The molecule has 0 aliphatic rings. The first-order valence-electron chi connectivity index (χ1n) is 8.29. The molecule has 0 saturated heterocycles. The van der Waals surface area contributed by atoms with Gasteiger partial charge in [-0.1, -0.05) is 60.7 Å². The molecule has 0 fully saturated rings. The zero-order valence-electron chi connectivity index (χ0n) is 14.3. The van der Waals surface area contributed by atoms with Crippen LogP contribution in [0.1, 0.15) is 5.56 Å². The maximum Gasteiger partial charge on any atom is 0.418 e. The minimum Gasteiger partial charge on any atom is -0.376 e. The van der Waals surface area contributed by atoms with Gasteiger partial charge in [-0.25, -0.2) is 0 Å². The molecule has 0 aromatic heterocycles. The fraction of sp³-hybridized carbons (Fsp3) is 0.0952. The Hall–Kier alpha value is -3.28. The lowest BCUT2D eigenvalue weighted by Crippen LogP contribution is -2.23. The van der Waals surface area contributed by atoms with Gasteiger partial charge in [0.2, 0.25) is 5.91 Å². The second kappa shape index (κ2) is 7.95. The largest absolute Gasteiger partial charge is 0.418 e. The zero-order valence-corrected chi connectivity index (χ0v) is 14.3. The molecular weight excluding hydrogens is 353 g/mol. The van der Waals surface area contributed by atoms with Crippen LogP contribution in [0.4, 0.5) is 24.5 Å². The van der Waals surface area contributed by atoms with Crippen LogP contribution < -0.4 is 10.6 Å². The molecule has 0 radical (unpaired) electrons. The molecule has 0 aliphatic heterocycles. The van der Waals surface area contributed by atoms with Crippen molar-refractivity contribution >= 4 is 17.3 Å². The lowest BCUT2D eigenvalue weighted by molar-refractivity contribution is -0.137. The fourth-order valence-electron chi connectivity index (χ4n) is 2.72. The molecule has 0 aliphatic carbocycles. The third kappa shape index (κ3) is 4.67. The molecule has 0 heterocycles. The Kier molecular flexibility index (Phi) is 5.45. The maximum absolute atomic E-state index is 13.0. The van der Waals surface area contributed by atoms with Crippen LogP contribution >= 0.6 is 0 Å².